The van der Waals surface area contributed by atoms with Gasteiger partial charge in [0, 0.05) is 18.3 Å². The number of hydrogen-bond acceptors (Lipinski definition) is 4. The highest BCUT2D eigenvalue weighted by atomic mass is 16.5. The molecule has 0 atom stereocenters. The molecular formula is C16H21N3O. The fourth-order valence-corrected chi connectivity index (χ4v) is 1.98. The van der Waals surface area contributed by atoms with Gasteiger partial charge >= 0.3 is 0 Å². The molecule has 1 aromatic carbocycles. The van der Waals surface area contributed by atoms with Crippen LogP contribution in [0.1, 0.15) is 29.2 Å². The lowest BCUT2D eigenvalue weighted by atomic mass is 10.1. The van der Waals surface area contributed by atoms with Gasteiger partial charge in [0.1, 0.15) is 5.75 Å². The van der Waals surface area contributed by atoms with E-state index in [2.05, 4.69) is 42.1 Å². The average molecular weight is 271 g/mol. The summed E-state index contributed by atoms with van der Waals surface area (Å²) in [7, 11) is 0. The zero-order valence-electron chi connectivity index (χ0n) is 12.7. The number of benzene rings is 1. The Labute approximate surface area is 120 Å². The van der Waals surface area contributed by atoms with Crippen LogP contribution in [0, 0.1) is 27.7 Å². The Morgan fingerprint density at radius 1 is 1.10 bits per heavy atom. The number of ether oxygens (including phenoxy) is 1. The topological polar surface area (TPSA) is 47.0 Å². The summed E-state index contributed by atoms with van der Waals surface area (Å²) < 4.78 is 6.00. The van der Waals surface area contributed by atoms with Gasteiger partial charge in [-0.05, 0) is 57.4 Å². The summed E-state index contributed by atoms with van der Waals surface area (Å²) in [5, 5.41) is 3.10. The van der Waals surface area contributed by atoms with Crippen molar-refractivity contribution in [2.45, 2.75) is 34.6 Å². The largest absolute Gasteiger partial charge is 0.438 e. The van der Waals surface area contributed by atoms with E-state index in [1.54, 1.807) is 6.20 Å². The van der Waals surface area contributed by atoms with Crippen molar-refractivity contribution in [2.24, 2.45) is 0 Å². The van der Waals surface area contributed by atoms with Gasteiger partial charge in [-0.25, -0.2) is 4.98 Å². The Morgan fingerprint density at radius 3 is 2.55 bits per heavy atom. The van der Waals surface area contributed by atoms with E-state index in [-0.39, 0.29) is 0 Å². The van der Waals surface area contributed by atoms with E-state index < -0.39 is 0 Å². The van der Waals surface area contributed by atoms with Crippen LogP contribution in [-0.2, 0) is 0 Å². The molecule has 0 aliphatic heterocycles. The second kappa shape index (κ2) is 5.90. The van der Waals surface area contributed by atoms with Crippen LogP contribution in [-0.4, -0.2) is 16.5 Å². The van der Waals surface area contributed by atoms with Gasteiger partial charge in [0.2, 0.25) is 11.8 Å². The van der Waals surface area contributed by atoms with E-state index in [1.165, 1.54) is 11.1 Å². The fourth-order valence-electron chi connectivity index (χ4n) is 1.98. The molecule has 1 heterocycles. The Hall–Kier alpha value is -2.10. The highest BCUT2D eigenvalue weighted by Gasteiger charge is 2.10. The molecule has 0 aliphatic rings. The molecule has 0 fully saturated rings. The minimum Gasteiger partial charge on any atom is -0.438 e. The van der Waals surface area contributed by atoms with Crippen LogP contribution >= 0.6 is 0 Å². The van der Waals surface area contributed by atoms with Crippen molar-refractivity contribution >= 4 is 5.95 Å². The van der Waals surface area contributed by atoms with Crippen molar-refractivity contribution in [1.29, 1.82) is 0 Å². The van der Waals surface area contributed by atoms with Gasteiger partial charge < -0.3 is 10.1 Å². The van der Waals surface area contributed by atoms with Crippen molar-refractivity contribution in [3.05, 3.63) is 40.6 Å². The lowest BCUT2D eigenvalue weighted by molar-refractivity contribution is 0.454. The molecule has 0 spiro atoms. The predicted molar refractivity (Wildman–Crippen MR) is 81.7 cm³/mol. The third-order valence-corrected chi connectivity index (χ3v) is 3.23. The van der Waals surface area contributed by atoms with Gasteiger partial charge in [-0.2, -0.15) is 4.98 Å². The molecule has 4 nitrogen and oxygen atoms in total. The molecule has 0 amide bonds. The normalized spacial score (nSPS) is 10.4. The molecule has 20 heavy (non-hydrogen) atoms. The molecule has 0 saturated heterocycles. The molecule has 1 aromatic heterocycles. The van der Waals surface area contributed by atoms with Crippen LogP contribution in [0.25, 0.3) is 0 Å². The van der Waals surface area contributed by atoms with Crippen molar-refractivity contribution in [1.82, 2.24) is 9.97 Å². The summed E-state index contributed by atoms with van der Waals surface area (Å²) in [5.74, 6) is 2.05. The Balaban J connectivity index is 2.36. The Morgan fingerprint density at radius 2 is 1.85 bits per heavy atom. The van der Waals surface area contributed by atoms with Gasteiger partial charge in [0.25, 0.3) is 0 Å². The first-order chi connectivity index (χ1) is 9.51. The van der Waals surface area contributed by atoms with Gasteiger partial charge in [-0.3, -0.25) is 0 Å². The van der Waals surface area contributed by atoms with Crippen LogP contribution in [0.4, 0.5) is 5.95 Å². The fraction of sp³-hybridized carbons (Fsp3) is 0.375. The first-order valence-electron chi connectivity index (χ1n) is 6.84. The number of aromatic nitrogens is 2. The maximum atomic E-state index is 6.00. The smallest absolute Gasteiger partial charge is 0.226 e. The average Bonchev–Trinajstić information content (AvgIpc) is 2.39. The molecule has 2 aromatic rings. The number of nitrogens with zero attached hydrogens (tertiary/aromatic N) is 2. The summed E-state index contributed by atoms with van der Waals surface area (Å²) in [6.45, 7) is 11.0. The molecule has 0 bridgehead atoms. The minimum absolute atomic E-state index is 0.593. The lowest BCUT2D eigenvalue weighted by Gasteiger charge is -2.13. The maximum absolute atomic E-state index is 6.00. The van der Waals surface area contributed by atoms with Crippen LogP contribution in [0.15, 0.2) is 18.3 Å². The van der Waals surface area contributed by atoms with Crippen molar-refractivity contribution in [3.8, 4) is 11.6 Å². The predicted octanol–water partition coefficient (Wildman–Crippen LogP) is 3.93. The maximum Gasteiger partial charge on any atom is 0.226 e. The highest BCUT2D eigenvalue weighted by Crippen LogP contribution is 2.29. The monoisotopic (exact) mass is 271 g/mol. The molecule has 4 heteroatoms. The third kappa shape index (κ3) is 3.07. The zero-order chi connectivity index (χ0) is 14.7. The second-order valence-electron chi connectivity index (χ2n) is 5.02. The van der Waals surface area contributed by atoms with E-state index in [0.29, 0.717) is 11.8 Å². The Bertz CT molecular complexity index is 623. The van der Waals surface area contributed by atoms with E-state index in [4.69, 9.17) is 4.74 Å². The van der Waals surface area contributed by atoms with E-state index >= 15 is 0 Å². The summed E-state index contributed by atoms with van der Waals surface area (Å²) in [6, 6.07) is 4.19. The van der Waals surface area contributed by atoms with Gasteiger partial charge in [-0.1, -0.05) is 6.07 Å². The van der Waals surface area contributed by atoms with Crippen molar-refractivity contribution in [2.75, 3.05) is 11.9 Å². The summed E-state index contributed by atoms with van der Waals surface area (Å²) in [5.41, 5.74) is 4.46. The summed E-state index contributed by atoms with van der Waals surface area (Å²) in [4.78, 5) is 8.64. The molecule has 0 radical (unpaired) electrons. The molecule has 1 N–H and O–H groups in total. The molecule has 0 aliphatic carbocycles. The van der Waals surface area contributed by atoms with Crippen molar-refractivity contribution < 1.29 is 4.74 Å². The van der Waals surface area contributed by atoms with E-state index in [9.17, 15) is 0 Å². The van der Waals surface area contributed by atoms with E-state index in [0.717, 1.165) is 23.4 Å². The van der Waals surface area contributed by atoms with Crippen LogP contribution in [0.2, 0.25) is 0 Å². The minimum atomic E-state index is 0.593. The Kier molecular flexibility index (Phi) is 4.23. The van der Waals surface area contributed by atoms with Crippen LogP contribution in [0.3, 0.4) is 0 Å². The SMILES string of the molecule is CCNc1ncc(C)c(Oc2cc(C)cc(C)c2C)n1. The molecular weight excluding hydrogens is 250 g/mol. The first kappa shape index (κ1) is 14.3. The molecule has 0 saturated carbocycles. The van der Waals surface area contributed by atoms with Gasteiger partial charge in [0.05, 0.1) is 0 Å². The quantitative estimate of drug-likeness (QED) is 0.915. The third-order valence-electron chi connectivity index (χ3n) is 3.23. The zero-order valence-corrected chi connectivity index (χ0v) is 12.7. The van der Waals surface area contributed by atoms with Crippen molar-refractivity contribution in [3.63, 3.8) is 0 Å². The lowest BCUT2D eigenvalue weighted by Crippen LogP contribution is -2.04. The number of anilines is 1. The number of hydrogen-bond donors (Lipinski definition) is 1. The molecule has 2 rings (SSSR count). The summed E-state index contributed by atoms with van der Waals surface area (Å²) >= 11 is 0. The van der Waals surface area contributed by atoms with Gasteiger partial charge in [-0.15, -0.1) is 0 Å². The molecule has 0 unspecified atom stereocenters. The molecule has 106 valence electrons. The first-order valence-corrected chi connectivity index (χ1v) is 6.84. The van der Waals surface area contributed by atoms with Crippen LogP contribution in [0.5, 0.6) is 11.6 Å². The van der Waals surface area contributed by atoms with Crippen LogP contribution < -0.4 is 10.1 Å². The van der Waals surface area contributed by atoms with Gasteiger partial charge in [0.15, 0.2) is 0 Å². The standard InChI is InChI=1S/C16H21N3O/c1-6-17-16-18-9-12(4)15(19-16)20-14-8-10(2)7-11(3)13(14)5/h7-9H,6H2,1-5H3,(H,17,18,19). The van der Waals surface area contributed by atoms with E-state index in [1.807, 2.05) is 19.9 Å². The number of aryl methyl sites for hydroxylation is 3. The number of rotatable bonds is 4. The summed E-state index contributed by atoms with van der Waals surface area (Å²) in [6.07, 6.45) is 1.78. The number of nitrogens with one attached hydrogen (secondary N) is 1. The highest BCUT2D eigenvalue weighted by molar-refractivity contribution is 5.45. The second-order valence-corrected chi connectivity index (χ2v) is 5.02.